The van der Waals surface area contributed by atoms with Crippen LogP contribution in [0.1, 0.15) is 0 Å². The van der Waals surface area contributed by atoms with Crippen molar-refractivity contribution >= 4 is 29.0 Å². The average Bonchev–Trinajstić information content (AvgIpc) is 2.64. The molecule has 0 unspecified atom stereocenters. The molecule has 1 fully saturated rings. The van der Waals surface area contributed by atoms with Gasteiger partial charge < -0.3 is 19.9 Å². The van der Waals surface area contributed by atoms with Gasteiger partial charge in [-0.1, -0.05) is 17.7 Å². The van der Waals surface area contributed by atoms with E-state index in [1.165, 1.54) is 0 Å². The fourth-order valence-electron chi connectivity index (χ4n) is 2.71. The minimum atomic E-state index is -0.0809. The Morgan fingerprint density at radius 2 is 1.79 bits per heavy atom. The second-order valence-electron chi connectivity index (χ2n) is 5.61. The third-order valence-electron chi connectivity index (χ3n) is 4.08. The van der Waals surface area contributed by atoms with Crippen molar-refractivity contribution in [3.05, 3.63) is 53.6 Å². The van der Waals surface area contributed by atoms with E-state index in [4.69, 9.17) is 16.3 Å². The normalized spacial score (nSPS) is 14.4. The first kappa shape index (κ1) is 16.5. The Morgan fingerprint density at radius 1 is 1.08 bits per heavy atom. The number of benzene rings is 2. The number of halogens is 1. The molecule has 1 saturated heterocycles. The Labute approximate surface area is 146 Å². The predicted molar refractivity (Wildman–Crippen MR) is 97.3 cm³/mol. The van der Waals surface area contributed by atoms with Gasteiger partial charge in [0.05, 0.1) is 7.11 Å². The van der Waals surface area contributed by atoms with Gasteiger partial charge in [-0.2, -0.15) is 0 Å². The summed E-state index contributed by atoms with van der Waals surface area (Å²) < 4.78 is 5.27. The molecule has 1 heterocycles. The number of piperazine rings is 1. The Kier molecular flexibility index (Phi) is 5.11. The maximum atomic E-state index is 12.3. The summed E-state index contributed by atoms with van der Waals surface area (Å²) >= 11 is 5.86. The highest BCUT2D eigenvalue weighted by molar-refractivity contribution is 6.30. The highest BCUT2D eigenvalue weighted by atomic mass is 35.5. The van der Waals surface area contributed by atoms with Gasteiger partial charge in [-0.25, -0.2) is 4.79 Å². The molecular weight excluding hydrogens is 326 g/mol. The van der Waals surface area contributed by atoms with Crippen molar-refractivity contribution in [3.8, 4) is 5.75 Å². The number of carbonyl (C=O) groups excluding carboxylic acids is 1. The number of methoxy groups -OCH3 is 1. The molecule has 0 aromatic heterocycles. The SMILES string of the molecule is COc1cccc(N2CCN(C(=O)Nc3ccc(Cl)cc3)CC2)c1. The molecule has 1 N–H and O–H groups in total. The van der Waals surface area contributed by atoms with Gasteiger partial charge in [0.25, 0.3) is 0 Å². The quantitative estimate of drug-likeness (QED) is 0.922. The molecule has 2 amide bonds. The number of ether oxygens (including phenoxy) is 1. The lowest BCUT2D eigenvalue weighted by atomic mass is 10.2. The van der Waals surface area contributed by atoms with E-state index in [-0.39, 0.29) is 6.03 Å². The smallest absolute Gasteiger partial charge is 0.321 e. The van der Waals surface area contributed by atoms with Crippen molar-refractivity contribution in [2.45, 2.75) is 0 Å². The maximum absolute atomic E-state index is 12.3. The number of amides is 2. The van der Waals surface area contributed by atoms with Crippen molar-refractivity contribution in [2.75, 3.05) is 43.5 Å². The molecule has 2 aromatic carbocycles. The summed E-state index contributed by atoms with van der Waals surface area (Å²) in [6, 6.07) is 15.0. The number of hydrogen-bond donors (Lipinski definition) is 1. The van der Waals surface area contributed by atoms with E-state index in [2.05, 4.69) is 16.3 Å². The van der Waals surface area contributed by atoms with Gasteiger partial charge in [0, 0.05) is 48.6 Å². The first-order valence-corrected chi connectivity index (χ1v) is 8.24. The molecule has 126 valence electrons. The van der Waals surface area contributed by atoms with Crippen LogP contribution in [0, 0.1) is 0 Å². The Bertz CT molecular complexity index is 698. The second-order valence-corrected chi connectivity index (χ2v) is 6.05. The van der Waals surface area contributed by atoms with Gasteiger partial charge in [0.2, 0.25) is 0 Å². The van der Waals surface area contributed by atoms with Crippen LogP contribution in [0.3, 0.4) is 0 Å². The first-order valence-electron chi connectivity index (χ1n) is 7.86. The lowest BCUT2D eigenvalue weighted by Crippen LogP contribution is -2.50. The summed E-state index contributed by atoms with van der Waals surface area (Å²) in [5.41, 5.74) is 1.87. The van der Waals surface area contributed by atoms with E-state index in [0.29, 0.717) is 18.1 Å². The molecule has 2 aromatic rings. The number of hydrogen-bond acceptors (Lipinski definition) is 3. The van der Waals surface area contributed by atoms with Gasteiger partial charge in [0.15, 0.2) is 0 Å². The summed E-state index contributed by atoms with van der Waals surface area (Å²) in [6.07, 6.45) is 0. The van der Waals surface area contributed by atoms with E-state index in [1.54, 1.807) is 31.4 Å². The van der Waals surface area contributed by atoms with E-state index in [1.807, 2.05) is 23.1 Å². The predicted octanol–water partition coefficient (Wildman–Crippen LogP) is 3.70. The maximum Gasteiger partial charge on any atom is 0.321 e. The Morgan fingerprint density at radius 3 is 2.46 bits per heavy atom. The molecule has 24 heavy (non-hydrogen) atoms. The largest absolute Gasteiger partial charge is 0.497 e. The number of nitrogens with zero attached hydrogens (tertiary/aromatic N) is 2. The van der Waals surface area contributed by atoms with Crippen LogP contribution < -0.4 is 15.0 Å². The molecule has 0 aliphatic carbocycles. The molecule has 3 rings (SSSR count). The zero-order valence-corrected chi connectivity index (χ0v) is 14.3. The minimum Gasteiger partial charge on any atom is -0.497 e. The molecule has 0 saturated carbocycles. The molecule has 0 spiro atoms. The van der Waals surface area contributed by atoms with Crippen molar-refractivity contribution < 1.29 is 9.53 Å². The monoisotopic (exact) mass is 345 g/mol. The third kappa shape index (κ3) is 3.92. The zero-order chi connectivity index (χ0) is 16.9. The number of rotatable bonds is 3. The molecule has 0 radical (unpaired) electrons. The van der Waals surface area contributed by atoms with Gasteiger partial charge in [0.1, 0.15) is 5.75 Å². The van der Waals surface area contributed by atoms with Gasteiger partial charge in [-0.3, -0.25) is 0 Å². The molecule has 0 bridgehead atoms. The van der Waals surface area contributed by atoms with Crippen LogP contribution in [0.4, 0.5) is 16.2 Å². The van der Waals surface area contributed by atoms with Crippen LogP contribution in [0.15, 0.2) is 48.5 Å². The van der Waals surface area contributed by atoms with Crippen LogP contribution in [0.5, 0.6) is 5.75 Å². The number of anilines is 2. The van der Waals surface area contributed by atoms with Crippen LogP contribution in [-0.4, -0.2) is 44.2 Å². The minimum absolute atomic E-state index is 0.0809. The summed E-state index contributed by atoms with van der Waals surface area (Å²) in [5, 5.41) is 3.55. The highest BCUT2D eigenvalue weighted by Crippen LogP contribution is 2.22. The van der Waals surface area contributed by atoms with Crippen molar-refractivity contribution in [1.29, 1.82) is 0 Å². The van der Waals surface area contributed by atoms with Crippen molar-refractivity contribution in [3.63, 3.8) is 0 Å². The molecular formula is C18H20ClN3O2. The van der Waals surface area contributed by atoms with Gasteiger partial charge in [-0.15, -0.1) is 0 Å². The van der Waals surface area contributed by atoms with E-state index in [9.17, 15) is 4.79 Å². The molecule has 0 atom stereocenters. The van der Waals surface area contributed by atoms with Crippen LogP contribution >= 0.6 is 11.6 Å². The molecule has 1 aliphatic rings. The fraction of sp³-hybridized carbons (Fsp3) is 0.278. The standard InChI is InChI=1S/C18H20ClN3O2/c1-24-17-4-2-3-16(13-17)21-9-11-22(12-10-21)18(23)20-15-7-5-14(19)6-8-15/h2-8,13H,9-12H2,1H3,(H,20,23). The Hall–Kier alpha value is -2.40. The highest BCUT2D eigenvalue weighted by Gasteiger charge is 2.21. The molecule has 6 heteroatoms. The number of carbonyl (C=O) groups is 1. The van der Waals surface area contributed by atoms with Gasteiger partial charge >= 0.3 is 6.03 Å². The van der Waals surface area contributed by atoms with E-state index in [0.717, 1.165) is 30.2 Å². The van der Waals surface area contributed by atoms with Gasteiger partial charge in [-0.05, 0) is 36.4 Å². The zero-order valence-electron chi connectivity index (χ0n) is 13.5. The topological polar surface area (TPSA) is 44.8 Å². The average molecular weight is 346 g/mol. The first-order chi connectivity index (χ1) is 11.7. The lowest BCUT2D eigenvalue weighted by Gasteiger charge is -2.36. The van der Waals surface area contributed by atoms with Crippen LogP contribution in [0.2, 0.25) is 5.02 Å². The number of urea groups is 1. The Balaban J connectivity index is 1.56. The van der Waals surface area contributed by atoms with Crippen molar-refractivity contribution in [1.82, 2.24) is 4.90 Å². The summed E-state index contributed by atoms with van der Waals surface area (Å²) in [5.74, 6) is 0.843. The molecule has 1 aliphatic heterocycles. The second kappa shape index (κ2) is 7.45. The van der Waals surface area contributed by atoms with Crippen LogP contribution in [-0.2, 0) is 0 Å². The molecule has 5 nitrogen and oxygen atoms in total. The van der Waals surface area contributed by atoms with E-state index >= 15 is 0 Å². The number of nitrogens with one attached hydrogen (secondary N) is 1. The third-order valence-corrected chi connectivity index (χ3v) is 4.33. The summed E-state index contributed by atoms with van der Waals surface area (Å²) in [4.78, 5) is 16.4. The fourth-order valence-corrected chi connectivity index (χ4v) is 2.84. The van der Waals surface area contributed by atoms with Crippen molar-refractivity contribution in [2.24, 2.45) is 0 Å². The lowest BCUT2D eigenvalue weighted by molar-refractivity contribution is 0.208. The van der Waals surface area contributed by atoms with Crippen LogP contribution in [0.25, 0.3) is 0 Å². The summed E-state index contributed by atoms with van der Waals surface area (Å²) in [6.45, 7) is 2.94. The van der Waals surface area contributed by atoms with E-state index < -0.39 is 0 Å². The summed E-state index contributed by atoms with van der Waals surface area (Å²) in [7, 11) is 1.66.